The van der Waals surface area contributed by atoms with Crippen LogP contribution >= 0.6 is 0 Å². The number of hydrogen-bond acceptors (Lipinski definition) is 3. The van der Waals surface area contributed by atoms with Crippen molar-refractivity contribution in [3.05, 3.63) is 0 Å². The average Bonchev–Trinajstić information content (AvgIpc) is 2.96. The number of hydrogen-bond donors (Lipinski definition) is 2. The molecule has 2 atom stereocenters. The summed E-state index contributed by atoms with van der Waals surface area (Å²) in [6.07, 6.45) is 1.97. The first-order valence-electron chi connectivity index (χ1n) is 6.69. The second-order valence-corrected chi connectivity index (χ2v) is 5.65. The summed E-state index contributed by atoms with van der Waals surface area (Å²) in [5.74, 6) is 0.194. The van der Waals surface area contributed by atoms with E-state index in [1.54, 1.807) is 0 Å². The summed E-state index contributed by atoms with van der Waals surface area (Å²) in [6, 6.07) is 0.164. The maximum Gasteiger partial charge on any atom is 0.317 e. The third-order valence-corrected chi connectivity index (χ3v) is 4.36. The fraction of sp³-hybridized carbons (Fsp3) is 0.833. The molecule has 18 heavy (non-hydrogen) atoms. The number of fused-ring (bicyclic) bond motifs is 1. The Morgan fingerprint density at radius 3 is 3.00 bits per heavy atom. The number of amides is 3. The standard InChI is InChI=1S/C12H20N4O2/c1-12(3-2-4-14-12)10(17)15-5-6-16-9(8-15)7-13-11(16)18/h9,14H,2-8H2,1H3,(H,13,18). The first-order valence-corrected chi connectivity index (χ1v) is 6.69. The van der Waals surface area contributed by atoms with Gasteiger partial charge in [-0.25, -0.2) is 4.79 Å². The smallest absolute Gasteiger partial charge is 0.317 e. The Morgan fingerprint density at radius 2 is 2.28 bits per heavy atom. The molecule has 3 saturated heterocycles. The van der Waals surface area contributed by atoms with Crippen molar-refractivity contribution in [2.45, 2.75) is 31.3 Å². The normalized spacial score (nSPS) is 35.6. The molecule has 3 fully saturated rings. The molecular formula is C12H20N4O2. The molecule has 0 aromatic heterocycles. The Balaban J connectivity index is 1.68. The van der Waals surface area contributed by atoms with E-state index >= 15 is 0 Å². The summed E-state index contributed by atoms with van der Waals surface area (Å²) in [5, 5.41) is 6.14. The summed E-state index contributed by atoms with van der Waals surface area (Å²) in [6.45, 7) is 5.54. The quantitative estimate of drug-likeness (QED) is 0.653. The highest BCUT2D eigenvalue weighted by atomic mass is 16.2. The van der Waals surface area contributed by atoms with Gasteiger partial charge in [0.05, 0.1) is 11.6 Å². The van der Waals surface area contributed by atoms with Gasteiger partial charge in [-0.3, -0.25) is 4.79 Å². The van der Waals surface area contributed by atoms with Crippen molar-refractivity contribution < 1.29 is 9.59 Å². The molecule has 6 nitrogen and oxygen atoms in total. The zero-order valence-corrected chi connectivity index (χ0v) is 10.7. The summed E-state index contributed by atoms with van der Waals surface area (Å²) >= 11 is 0. The Kier molecular flexibility index (Phi) is 2.69. The van der Waals surface area contributed by atoms with Crippen molar-refractivity contribution in [3.63, 3.8) is 0 Å². The van der Waals surface area contributed by atoms with Gasteiger partial charge in [0, 0.05) is 26.2 Å². The molecule has 100 valence electrons. The molecule has 0 aliphatic carbocycles. The minimum absolute atomic E-state index is 0.0114. The number of carbonyl (C=O) groups excluding carboxylic acids is 2. The van der Waals surface area contributed by atoms with Crippen LogP contribution in [-0.4, -0.2) is 66.0 Å². The number of urea groups is 1. The average molecular weight is 252 g/mol. The van der Waals surface area contributed by atoms with E-state index in [-0.39, 0.29) is 18.0 Å². The summed E-state index contributed by atoms with van der Waals surface area (Å²) in [4.78, 5) is 27.8. The molecular weight excluding hydrogens is 232 g/mol. The lowest BCUT2D eigenvalue weighted by molar-refractivity contribution is -0.139. The first-order chi connectivity index (χ1) is 8.60. The molecule has 0 aromatic carbocycles. The van der Waals surface area contributed by atoms with Gasteiger partial charge in [-0.1, -0.05) is 0 Å². The van der Waals surface area contributed by atoms with Gasteiger partial charge in [-0.15, -0.1) is 0 Å². The van der Waals surface area contributed by atoms with Crippen molar-refractivity contribution >= 4 is 11.9 Å². The van der Waals surface area contributed by atoms with Gasteiger partial charge >= 0.3 is 6.03 Å². The van der Waals surface area contributed by atoms with E-state index in [2.05, 4.69) is 10.6 Å². The maximum absolute atomic E-state index is 12.5. The lowest BCUT2D eigenvalue weighted by Crippen LogP contribution is -2.60. The van der Waals surface area contributed by atoms with E-state index < -0.39 is 5.54 Å². The summed E-state index contributed by atoms with van der Waals surface area (Å²) in [5.41, 5.74) is -0.391. The van der Waals surface area contributed by atoms with Crippen LogP contribution in [0.5, 0.6) is 0 Å². The van der Waals surface area contributed by atoms with E-state index in [9.17, 15) is 9.59 Å². The summed E-state index contributed by atoms with van der Waals surface area (Å²) < 4.78 is 0. The van der Waals surface area contributed by atoms with Gasteiger partial charge in [0.25, 0.3) is 0 Å². The zero-order valence-electron chi connectivity index (χ0n) is 10.7. The lowest BCUT2D eigenvalue weighted by Gasteiger charge is -2.40. The van der Waals surface area contributed by atoms with Crippen molar-refractivity contribution in [1.29, 1.82) is 0 Å². The van der Waals surface area contributed by atoms with Crippen LogP contribution < -0.4 is 10.6 Å². The molecule has 3 aliphatic heterocycles. The SMILES string of the molecule is CC1(C(=O)N2CCN3C(=O)NCC3C2)CCCN1. The largest absolute Gasteiger partial charge is 0.337 e. The number of carbonyl (C=O) groups is 2. The number of piperazine rings is 1. The number of rotatable bonds is 1. The van der Waals surface area contributed by atoms with Crippen molar-refractivity contribution in [3.8, 4) is 0 Å². The van der Waals surface area contributed by atoms with Crippen LogP contribution in [0.15, 0.2) is 0 Å². The predicted octanol–water partition coefficient (Wildman–Crippen LogP) is -0.635. The van der Waals surface area contributed by atoms with Crippen LogP contribution in [-0.2, 0) is 4.79 Å². The van der Waals surface area contributed by atoms with Crippen LogP contribution in [0.2, 0.25) is 0 Å². The van der Waals surface area contributed by atoms with Gasteiger partial charge in [0.15, 0.2) is 0 Å². The van der Waals surface area contributed by atoms with E-state index in [1.807, 2.05) is 16.7 Å². The van der Waals surface area contributed by atoms with Gasteiger partial charge in [-0.05, 0) is 26.3 Å². The molecule has 2 unspecified atom stereocenters. The van der Waals surface area contributed by atoms with Crippen LogP contribution in [0.3, 0.4) is 0 Å². The Morgan fingerprint density at radius 1 is 1.44 bits per heavy atom. The molecule has 0 bridgehead atoms. The third kappa shape index (κ3) is 1.75. The molecule has 6 heteroatoms. The maximum atomic E-state index is 12.5. The minimum atomic E-state index is -0.391. The van der Waals surface area contributed by atoms with Crippen LogP contribution in [0.25, 0.3) is 0 Å². The molecule has 0 spiro atoms. The second-order valence-electron chi connectivity index (χ2n) is 5.65. The Labute approximate surface area is 107 Å². The topological polar surface area (TPSA) is 64.7 Å². The second kappa shape index (κ2) is 4.12. The highest BCUT2D eigenvalue weighted by Crippen LogP contribution is 2.23. The fourth-order valence-electron chi connectivity index (χ4n) is 3.21. The first kappa shape index (κ1) is 11.8. The molecule has 3 heterocycles. The minimum Gasteiger partial charge on any atom is -0.337 e. The van der Waals surface area contributed by atoms with Gasteiger partial charge in [0.2, 0.25) is 5.91 Å². The van der Waals surface area contributed by atoms with Crippen molar-refractivity contribution in [2.24, 2.45) is 0 Å². The Bertz CT molecular complexity index is 378. The van der Waals surface area contributed by atoms with E-state index in [1.165, 1.54) is 0 Å². The van der Waals surface area contributed by atoms with Crippen molar-refractivity contribution in [2.75, 3.05) is 32.7 Å². The van der Waals surface area contributed by atoms with Crippen LogP contribution in [0.1, 0.15) is 19.8 Å². The van der Waals surface area contributed by atoms with Gasteiger partial charge < -0.3 is 20.4 Å². The van der Waals surface area contributed by atoms with E-state index in [0.717, 1.165) is 19.4 Å². The number of nitrogens with one attached hydrogen (secondary N) is 2. The van der Waals surface area contributed by atoms with E-state index in [0.29, 0.717) is 26.2 Å². The van der Waals surface area contributed by atoms with E-state index in [4.69, 9.17) is 0 Å². The lowest BCUT2D eigenvalue weighted by atomic mass is 9.97. The fourth-order valence-corrected chi connectivity index (χ4v) is 3.21. The molecule has 3 aliphatic rings. The van der Waals surface area contributed by atoms with Gasteiger partial charge in [-0.2, -0.15) is 0 Å². The summed E-state index contributed by atoms with van der Waals surface area (Å²) in [7, 11) is 0. The van der Waals surface area contributed by atoms with Crippen LogP contribution in [0.4, 0.5) is 4.79 Å². The Hall–Kier alpha value is -1.30. The number of nitrogens with zero attached hydrogens (tertiary/aromatic N) is 2. The molecule has 3 amide bonds. The van der Waals surface area contributed by atoms with Crippen LogP contribution in [0, 0.1) is 0 Å². The molecule has 0 saturated carbocycles. The molecule has 0 radical (unpaired) electrons. The monoisotopic (exact) mass is 252 g/mol. The molecule has 3 rings (SSSR count). The molecule has 2 N–H and O–H groups in total. The molecule has 0 aromatic rings. The third-order valence-electron chi connectivity index (χ3n) is 4.36. The highest BCUT2D eigenvalue weighted by molar-refractivity contribution is 5.87. The van der Waals surface area contributed by atoms with Crippen molar-refractivity contribution in [1.82, 2.24) is 20.4 Å². The highest BCUT2D eigenvalue weighted by Gasteiger charge is 2.43. The zero-order chi connectivity index (χ0) is 12.8. The van der Waals surface area contributed by atoms with Gasteiger partial charge in [0.1, 0.15) is 0 Å². The predicted molar refractivity (Wildman–Crippen MR) is 66.1 cm³/mol.